The fourth-order valence-corrected chi connectivity index (χ4v) is 0.859. The van der Waals surface area contributed by atoms with Gasteiger partial charge in [0.15, 0.2) is 5.82 Å². The van der Waals surface area contributed by atoms with Gasteiger partial charge in [-0.15, -0.1) is 0 Å². The zero-order valence-corrected chi connectivity index (χ0v) is 8.19. The number of likely N-dealkylation sites (N-methyl/N-ethyl adjacent to an activating group) is 1. The molecule has 1 N–H and O–H groups in total. The smallest absolute Gasteiger partial charge is 0.228 e. The predicted octanol–water partition coefficient (Wildman–Crippen LogP) is 0.227. The molecule has 0 radical (unpaired) electrons. The molecule has 0 aromatic carbocycles. The van der Waals surface area contributed by atoms with Crippen molar-refractivity contribution in [2.45, 2.75) is 19.4 Å². The second kappa shape index (κ2) is 4.34. The minimum atomic E-state index is -0.656. The van der Waals surface area contributed by atoms with E-state index in [4.69, 9.17) is 9.63 Å². The van der Waals surface area contributed by atoms with Crippen LogP contribution in [0, 0.1) is 0 Å². The Hall–Kier alpha value is -0.940. The van der Waals surface area contributed by atoms with Gasteiger partial charge in [-0.25, -0.2) is 0 Å². The summed E-state index contributed by atoms with van der Waals surface area (Å²) in [6.07, 6.45) is 0.0593. The van der Waals surface area contributed by atoms with Crippen LogP contribution in [-0.2, 0) is 6.42 Å². The van der Waals surface area contributed by atoms with Gasteiger partial charge in [-0.2, -0.15) is 4.98 Å². The average Bonchev–Trinajstić information content (AvgIpc) is 2.48. The van der Waals surface area contributed by atoms with Crippen molar-refractivity contribution in [1.29, 1.82) is 0 Å². The molecule has 74 valence electrons. The Morgan fingerprint density at radius 1 is 1.54 bits per heavy atom. The summed E-state index contributed by atoms with van der Waals surface area (Å²) in [7, 11) is 3.96. The van der Waals surface area contributed by atoms with Crippen LogP contribution in [0.2, 0.25) is 0 Å². The second-order valence-electron chi connectivity index (χ2n) is 3.28. The highest BCUT2D eigenvalue weighted by Crippen LogP contribution is 2.07. The molecule has 5 nitrogen and oxygen atoms in total. The molecule has 1 heterocycles. The average molecular weight is 185 g/mol. The highest BCUT2D eigenvalue weighted by molar-refractivity contribution is 4.89. The number of aliphatic hydroxyl groups is 1. The lowest BCUT2D eigenvalue weighted by atomic mass is 10.4. The second-order valence-corrected chi connectivity index (χ2v) is 3.28. The van der Waals surface area contributed by atoms with Crippen molar-refractivity contribution < 1.29 is 9.63 Å². The Balaban J connectivity index is 2.49. The van der Waals surface area contributed by atoms with Crippen molar-refractivity contribution in [3.63, 3.8) is 0 Å². The van der Waals surface area contributed by atoms with Crippen LogP contribution < -0.4 is 0 Å². The molecule has 1 atom stereocenters. The van der Waals surface area contributed by atoms with Crippen LogP contribution in [0.15, 0.2) is 4.52 Å². The van der Waals surface area contributed by atoms with Gasteiger partial charge in [0.25, 0.3) is 0 Å². The number of rotatable bonds is 4. The van der Waals surface area contributed by atoms with Gasteiger partial charge < -0.3 is 14.5 Å². The summed E-state index contributed by atoms with van der Waals surface area (Å²) in [5.41, 5.74) is 0. The van der Waals surface area contributed by atoms with E-state index in [9.17, 15) is 0 Å². The number of hydrogen-bond donors (Lipinski definition) is 1. The maximum atomic E-state index is 9.12. The van der Waals surface area contributed by atoms with E-state index in [0.717, 1.165) is 6.54 Å². The summed E-state index contributed by atoms with van der Waals surface area (Å²) < 4.78 is 4.93. The number of hydrogen-bond acceptors (Lipinski definition) is 5. The Kier molecular flexibility index (Phi) is 3.39. The topological polar surface area (TPSA) is 62.4 Å². The lowest BCUT2D eigenvalue weighted by molar-refractivity contribution is 0.184. The monoisotopic (exact) mass is 185 g/mol. The third-order valence-electron chi connectivity index (χ3n) is 1.63. The standard InChI is InChI=1S/C8H15N3O2/c1-6(12)8-9-7(13-10-8)4-5-11(2)3/h6,12H,4-5H2,1-3H3. The Labute approximate surface area is 77.4 Å². The van der Waals surface area contributed by atoms with Crippen LogP contribution in [0.4, 0.5) is 0 Å². The predicted molar refractivity (Wildman–Crippen MR) is 47.2 cm³/mol. The third-order valence-corrected chi connectivity index (χ3v) is 1.63. The quantitative estimate of drug-likeness (QED) is 0.727. The molecule has 1 aromatic rings. The van der Waals surface area contributed by atoms with E-state index in [1.807, 2.05) is 19.0 Å². The fourth-order valence-electron chi connectivity index (χ4n) is 0.859. The van der Waals surface area contributed by atoms with Crippen LogP contribution >= 0.6 is 0 Å². The van der Waals surface area contributed by atoms with Gasteiger partial charge >= 0.3 is 0 Å². The van der Waals surface area contributed by atoms with Gasteiger partial charge in [0, 0.05) is 13.0 Å². The van der Waals surface area contributed by atoms with Crippen LogP contribution in [0.3, 0.4) is 0 Å². The number of nitrogens with zero attached hydrogens (tertiary/aromatic N) is 3. The first kappa shape index (κ1) is 10.1. The molecule has 0 spiro atoms. The normalized spacial score (nSPS) is 13.6. The molecular formula is C8H15N3O2. The van der Waals surface area contributed by atoms with Gasteiger partial charge in [-0.3, -0.25) is 0 Å². The molecule has 0 aliphatic rings. The van der Waals surface area contributed by atoms with Crippen molar-refractivity contribution in [3.05, 3.63) is 11.7 Å². The maximum absolute atomic E-state index is 9.12. The van der Waals surface area contributed by atoms with Crippen molar-refractivity contribution >= 4 is 0 Å². The molecule has 0 bridgehead atoms. The minimum absolute atomic E-state index is 0.355. The summed E-state index contributed by atoms with van der Waals surface area (Å²) in [6.45, 7) is 2.47. The van der Waals surface area contributed by atoms with Gasteiger partial charge in [-0.05, 0) is 21.0 Å². The summed E-state index contributed by atoms with van der Waals surface area (Å²) in [6, 6.07) is 0. The molecule has 5 heteroatoms. The first-order valence-electron chi connectivity index (χ1n) is 4.25. The Bertz CT molecular complexity index is 258. The third kappa shape index (κ3) is 3.12. The molecular weight excluding hydrogens is 170 g/mol. The Morgan fingerprint density at radius 3 is 2.69 bits per heavy atom. The molecule has 0 fully saturated rings. The first-order chi connectivity index (χ1) is 6.09. The van der Waals surface area contributed by atoms with E-state index in [2.05, 4.69) is 10.1 Å². The maximum Gasteiger partial charge on any atom is 0.228 e. The van der Waals surface area contributed by atoms with Crippen molar-refractivity contribution in [3.8, 4) is 0 Å². The zero-order valence-electron chi connectivity index (χ0n) is 8.19. The summed E-state index contributed by atoms with van der Waals surface area (Å²) in [5.74, 6) is 0.929. The van der Waals surface area contributed by atoms with E-state index in [1.54, 1.807) is 6.92 Å². The molecule has 0 saturated carbocycles. The lowest BCUT2D eigenvalue weighted by Gasteiger charge is -2.05. The van der Waals surface area contributed by atoms with Crippen molar-refractivity contribution in [2.24, 2.45) is 0 Å². The van der Waals surface area contributed by atoms with E-state index in [1.165, 1.54) is 0 Å². The van der Waals surface area contributed by atoms with Crippen molar-refractivity contribution in [1.82, 2.24) is 15.0 Å². The molecule has 0 amide bonds. The van der Waals surface area contributed by atoms with Gasteiger partial charge in [0.1, 0.15) is 6.10 Å². The zero-order chi connectivity index (χ0) is 9.84. The van der Waals surface area contributed by atoms with Crippen LogP contribution in [0.25, 0.3) is 0 Å². The van der Waals surface area contributed by atoms with Crippen molar-refractivity contribution in [2.75, 3.05) is 20.6 Å². The Morgan fingerprint density at radius 2 is 2.23 bits per heavy atom. The largest absolute Gasteiger partial charge is 0.385 e. The fraction of sp³-hybridized carbons (Fsp3) is 0.750. The molecule has 1 unspecified atom stereocenters. The van der Waals surface area contributed by atoms with E-state index in [0.29, 0.717) is 18.1 Å². The van der Waals surface area contributed by atoms with E-state index >= 15 is 0 Å². The first-order valence-corrected chi connectivity index (χ1v) is 4.25. The summed E-state index contributed by atoms with van der Waals surface area (Å²) in [5, 5.41) is 12.8. The minimum Gasteiger partial charge on any atom is -0.385 e. The van der Waals surface area contributed by atoms with Crippen LogP contribution in [0.1, 0.15) is 24.7 Å². The molecule has 13 heavy (non-hydrogen) atoms. The highest BCUT2D eigenvalue weighted by atomic mass is 16.5. The van der Waals surface area contributed by atoms with Crippen LogP contribution in [-0.4, -0.2) is 40.8 Å². The molecule has 1 aromatic heterocycles. The lowest BCUT2D eigenvalue weighted by Crippen LogP contribution is -2.15. The molecule has 0 saturated heterocycles. The van der Waals surface area contributed by atoms with E-state index < -0.39 is 6.10 Å². The summed E-state index contributed by atoms with van der Waals surface area (Å²) >= 11 is 0. The van der Waals surface area contributed by atoms with Gasteiger partial charge in [-0.1, -0.05) is 5.16 Å². The SMILES string of the molecule is CC(O)c1noc(CCN(C)C)n1. The highest BCUT2D eigenvalue weighted by Gasteiger charge is 2.10. The van der Waals surface area contributed by atoms with Crippen LogP contribution in [0.5, 0.6) is 0 Å². The van der Waals surface area contributed by atoms with Gasteiger partial charge in [0.2, 0.25) is 5.89 Å². The van der Waals surface area contributed by atoms with E-state index in [-0.39, 0.29) is 0 Å². The summed E-state index contributed by atoms with van der Waals surface area (Å²) in [4.78, 5) is 6.06. The molecule has 0 aliphatic heterocycles. The molecule has 0 aliphatic carbocycles. The molecule has 1 rings (SSSR count). The van der Waals surface area contributed by atoms with Gasteiger partial charge in [0.05, 0.1) is 0 Å². The number of aromatic nitrogens is 2. The number of aliphatic hydroxyl groups excluding tert-OH is 1.